The van der Waals surface area contributed by atoms with Crippen LogP contribution in [0.25, 0.3) is 0 Å². The maximum Gasteiger partial charge on any atom is 3.00 e. The van der Waals surface area contributed by atoms with Crippen molar-refractivity contribution in [3.05, 3.63) is 41.6 Å². The van der Waals surface area contributed by atoms with Gasteiger partial charge in [-0.1, -0.05) is 18.1 Å². The van der Waals surface area contributed by atoms with Crippen LogP contribution in [0, 0.1) is 25.2 Å². The van der Waals surface area contributed by atoms with E-state index in [0.717, 1.165) is 0 Å². The third kappa shape index (κ3) is 13.2. The second-order valence-electron chi connectivity index (χ2n) is 5.07. The van der Waals surface area contributed by atoms with Gasteiger partial charge in [0.2, 0.25) is 0 Å². The van der Waals surface area contributed by atoms with Crippen molar-refractivity contribution in [1.82, 2.24) is 0 Å². The molecule has 0 atom stereocenters. The Labute approximate surface area is 145 Å². The molecular formula is C19H37Ti. The molecule has 0 bridgehead atoms. The largest absolute Gasteiger partial charge is 3.00 e. The van der Waals surface area contributed by atoms with Gasteiger partial charge in [0.05, 0.1) is 0 Å². The quantitative estimate of drug-likeness (QED) is 0.333. The molecule has 0 aliphatic heterocycles. The standard InChI is InChI=1S/C10H16.3C3H7.Ti/c1-6-7(2)9(4)10(5)8(6)3;3*1-3-2;/h6H,1-5H3;3*3H,1-2H3;/q;3*-1;+3. The van der Waals surface area contributed by atoms with Crippen molar-refractivity contribution < 1.29 is 21.7 Å². The Morgan fingerprint density at radius 1 is 0.600 bits per heavy atom. The van der Waals surface area contributed by atoms with Crippen LogP contribution in [0.5, 0.6) is 0 Å². The molecule has 1 rings (SSSR count). The molecule has 0 aromatic carbocycles. The van der Waals surface area contributed by atoms with E-state index in [2.05, 4.69) is 34.6 Å². The van der Waals surface area contributed by atoms with Gasteiger partial charge in [-0.05, 0) is 44.8 Å². The monoisotopic (exact) mass is 313 g/mol. The predicted molar refractivity (Wildman–Crippen MR) is 92.9 cm³/mol. The van der Waals surface area contributed by atoms with Crippen LogP contribution in [-0.2, 0) is 21.7 Å². The zero-order valence-electron chi connectivity index (χ0n) is 15.8. The molecule has 0 aromatic heterocycles. The Kier molecular flexibility index (Phi) is 27.2. The van der Waals surface area contributed by atoms with Crippen molar-refractivity contribution in [3.8, 4) is 0 Å². The molecule has 0 heterocycles. The molecule has 0 amide bonds. The Balaban J connectivity index is -0.000000108. The Bertz CT molecular complexity index is 230. The summed E-state index contributed by atoms with van der Waals surface area (Å²) >= 11 is 0. The number of rotatable bonds is 0. The van der Waals surface area contributed by atoms with E-state index in [-0.39, 0.29) is 21.7 Å². The maximum atomic E-state index is 2.28. The summed E-state index contributed by atoms with van der Waals surface area (Å²) in [6.45, 7) is 23.2. The first-order valence-corrected chi connectivity index (χ1v) is 7.37. The van der Waals surface area contributed by atoms with E-state index in [0.29, 0.717) is 5.92 Å². The van der Waals surface area contributed by atoms with Crippen molar-refractivity contribution in [2.24, 2.45) is 5.92 Å². The molecular weight excluding hydrogens is 276 g/mol. The second kappa shape index (κ2) is 19.2. The zero-order valence-corrected chi connectivity index (χ0v) is 17.4. The predicted octanol–water partition coefficient (Wildman–Crippen LogP) is 7.00. The van der Waals surface area contributed by atoms with Crippen molar-refractivity contribution in [2.75, 3.05) is 0 Å². The minimum atomic E-state index is 0. The molecule has 0 saturated heterocycles. The van der Waals surface area contributed by atoms with Gasteiger partial charge in [0.1, 0.15) is 0 Å². The summed E-state index contributed by atoms with van der Waals surface area (Å²) in [4.78, 5) is 0. The molecule has 117 valence electrons. The van der Waals surface area contributed by atoms with Crippen molar-refractivity contribution in [3.63, 3.8) is 0 Å². The molecule has 20 heavy (non-hydrogen) atoms. The molecule has 1 radical (unpaired) electrons. The molecule has 0 N–H and O–H groups in total. The minimum Gasteiger partial charge on any atom is -0.335 e. The first-order chi connectivity index (χ1) is 8.80. The first-order valence-electron chi connectivity index (χ1n) is 7.37. The second-order valence-corrected chi connectivity index (χ2v) is 5.07. The fourth-order valence-electron chi connectivity index (χ4n) is 1.57. The molecule has 0 saturated carbocycles. The van der Waals surface area contributed by atoms with Gasteiger partial charge in [-0.15, -0.1) is 0 Å². The third-order valence-corrected chi connectivity index (χ3v) is 3.04. The Hall–Kier alpha value is 0.194. The van der Waals surface area contributed by atoms with E-state index in [1.807, 2.05) is 60.8 Å². The Morgan fingerprint density at radius 3 is 0.800 bits per heavy atom. The van der Waals surface area contributed by atoms with E-state index in [1.165, 1.54) is 11.1 Å². The van der Waals surface area contributed by atoms with Crippen molar-refractivity contribution in [2.45, 2.75) is 76.2 Å². The summed E-state index contributed by atoms with van der Waals surface area (Å²) in [6, 6.07) is 0. The van der Waals surface area contributed by atoms with Crippen LogP contribution in [0.4, 0.5) is 0 Å². The first kappa shape index (κ1) is 28.4. The van der Waals surface area contributed by atoms with Crippen LogP contribution in [0.3, 0.4) is 0 Å². The fraction of sp³-hybridized carbons (Fsp3) is 0.632. The molecule has 0 fully saturated rings. The summed E-state index contributed by atoms with van der Waals surface area (Å²) in [6.07, 6.45) is 6.00. The van der Waals surface area contributed by atoms with Gasteiger partial charge < -0.3 is 19.3 Å². The van der Waals surface area contributed by atoms with Gasteiger partial charge in [0, 0.05) is 0 Å². The molecule has 0 aromatic rings. The van der Waals surface area contributed by atoms with Crippen LogP contribution in [0.1, 0.15) is 76.2 Å². The number of hydrogen-bond acceptors (Lipinski definition) is 0. The summed E-state index contributed by atoms with van der Waals surface area (Å²) in [5.74, 6) is 0.694. The average molecular weight is 313 g/mol. The molecule has 1 aliphatic carbocycles. The van der Waals surface area contributed by atoms with Gasteiger partial charge in [-0.2, -0.15) is 41.5 Å². The van der Waals surface area contributed by atoms with E-state index in [9.17, 15) is 0 Å². The maximum absolute atomic E-state index is 2.28. The molecule has 0 spiro atoms. The van der Waals surface area contributed by atoms with Crippen LogP contribution in [0.2, 0.25) is 0 Å². The SMILES string of the molecule is CC1=C(C)C(C)C(C)=C1C.C[CH-]C.C[CH-]C.C[CH-]C.[Ti+3]. The molecule has 1 heteroatoms. The van der Waals surface area contributed by atoms with Crippen molar-refractivity contribution >= 4 is 0 Å². The summed E-state index contributed by atoms with van der Waals surface area (Å²) in [5, 5.41) is 0. The summed E-state index contributed by atoms with van der Waals surface area (Å²) in [5.41, 5.74) is 6.11. The molecule has 0 nitrogen and oxygen atoms in total. The van der Waals surface area contributed by atoms with E-state index in [1.54, 1.807) is 11.1 Å². The minimum absolute atomic E-state index is 0. The van der Waals surface area contributed by atoms with E-state index < -0.39 is 0 Å². The third-order valence-electron chi connectivity index (χ3n) is 3.04. The van der Waals surface area contributed by atoms with Gasteiger partial charge in [-0.25, -0.2) is 0 Å². The average Bonchev–Trinajstić information content (AvgIpc) is 2.51. The molecule has 1 aliphatic rings. The van der Waals surface area contributed by atoms with Gasteiger partial charge in [-0.3, -0.25) is 0 Å². The Morgan fingerprint density at radius 2 is 0.750 bits per heavy atom. The fourth-order valence-corrected chi connectivity index (χ4v) is 1.57. The van der Waals surface area contributed by atoms with Crippen molar-refractivity contribution in [1.29, 1.82) is 0 Å². The van der Waals surface area contributed by atoms with Gasteiger partial charge in [0.15, 0.2) is 0 Å². The van der Waals surface area contributed by atoms with Gasteiger partial charge in [0.25, 0.3) is 0 Å². The normalized spacial score (nSPS) is 13.3. The van der Waals surface area contributed by atoms with Crippen LogP contribution in [0.15, 0.2) is 22.3 Å². The van der Waals surface area contributed by atoms with Crippen LogP contribution in [-0.4, -0.2) is 0 Å². The zero-order chi connectivity index (χ0) is 16.0. The van der Waals surface area contributed by atoms with Crippen LogP contribution < -0.4 is 0 Å². The van der Waals surface area contributed by atoms with E-state index in [4.69, 9.17) is 0 Å². The topological polar surface area (TPSA) is 0 Å². The summed E-state index contributed by atoms with van der Waals surface area (Å²) in [7, 11) is 0. The molecule has 0 unspecified atom stereocenters. The van der Waals surface area contributed by atoms with Gasteiger partial charge >= 0.3 is 21.7 Å². The van der Waals surface area contributed by atoms with E-state index >= 15 is 0 Å². The summed E-state index contributed by atoms with van der Waals surface area (Å²) < 4.78 is 0. The smallest absolute Gasteiger partial charge is 0.335 e. The number of hydrogen-bond donors (Lipinski definition) is 0. The number of allylic oxidation sites excluding steroid dienone is 4. The van der Waals surface area contributed by atoms with Crippen LogP contribution >= 0.6 is 0 Å².